The third-order valence-corrected chi connectivity index (χ3v) is 19.8. The number of aryl methyl sites for hydroxylation is 6. The maximum atomic E-state index is 8.16. The summed E-state index contributed by atoms with van der Waals surface area (Å²) in [5.74, 6) is -1.63. The van der Waals surface area contributed by atoms with E-state index in [1.54, 1.807) is 91.1 Å². The van der Waals surface area contributed by atoms with Crippen molar-refractivity contribution in [3.8, 4) is 135 Å². The van der Waals surface area contributed by atoms with E-state index in [1.165, 1.54) is 76.2 Å². The Labute approximate surface area is 868 Å². The monoisotopic (exact) mass is 2460 g/mol. The Bertz CT molecular complexity index is 6940. The zero-order valence-electron chi connectivity index (χ0n) is 89.3. The average molecular weight is 2460 g/mol. The van der Waals surface area contributed by atoms with Gasteiger partial charge in [0.15, 0.2) is 0 Å². The van der Waals surface area contributed by atoms with Crippen LogP contribution in [0.5, 0.6) is 0 Å². The van der Waals surface area contributed by atoms with E-state index < -0.39 is 40.2 Å². The second-order valence-electron chi connectivity index (χ2n) is 29.1. The first-order valence-corrected chi connectivity index (χ1v) is 42.0. The molecule has 0 aliphatic rings. The number of pyridine rings is 8. The van der Waals surface area contributed by atoms with Crippen molar-refractivity contribution in [3.63, 3.8) is 0 Å². The fourth-order valence-corrected chi connectivity index (χ4v) is 12.9. The minimum Gasteiger partial charge on any atom is -0.305 e. The summed E-state index contributed by atoms with van der Waals surface area (Å²) in [4.78, 5) is 34.1. The van der Waals surface area contributed by atoms with Gasteiger partial charge in [-0.05, 0) is 194 Å². The number of nitrogens with zero attached hydrogens (tertiary/aromatic N) is 8. The van der Waals surface area contributed by atoms with E-state index in [0.717, 1.165) is 108 Å². The van der Waals surface area contributed by atoms with Crippen LogP contribution in [-0.4, -0.2) is 39.9 Å². The summed E-state index contributed by atoms with van der Waals surface area (Å²) < 4.78 is 118. The van der Waals surface area contributed by atoms with Gasteiger partial charge in [-0.1, -0.05) is 202 Å². The molecule has 134 heavy (non-hydrogen) atoms. The van der Waals surface area contributed by atoms with Crippen molar-refractivity contribution in [2.75, 3.05) is 0 Å². The number of hydrogen-bond acceptors (Lipinski definition) is 8. The molecule has 0 N–H and O–H groups in total. The molecular formula is C122H100Ir4N8-8. The fraction of sp³-hybridized carbons (Fsp3) is 0.0820. The van der Waals surface area contributed by atoms with Crippen LogP contribution in [0.25, 0.3) is 135 Å². The standard InChI is InChI=1S/C20H18N.C19H16N.C18H14N.C17H12N.4C12H10N.4Ir/c1-15(2)16-8-10-17(11-9-16)19-12-13-21-20(14-19)18-6-4-3-5-7-18;1-2-15-8-10-16(11-9-15)18-12-13-20-19(14-18)17-6-4-3-5-7-17;1-14-7-9-15(10-8-14)17-11-12-19-18(13-17)16-5-3-2-4-6-16;1-3-7-14(8-4-1)16-11-12-18-17(13-16)15-9-5-2-6-10-15;4*1-10-7-8-12(13-9-10)11-5-3-2-4-6-11;;;;/h3-6,8-15H,1-2H3;3-6,8-14H,2H2,1H3;2-5,7-13H,1H3;1-9,11-13H;4*2-5,7-9H,1H3;;;;/q8*-1;;;;/i1D3,15D;;;;4*1D3;;;;. The van der Waals surface area contributed by atoms with Gasteiger partial charge in [0.1, 0.15) is 0 Å². The third-order valence-electron chi connectivity index (χ3n) is 19.8. The summed E-state index contributed by atoms with van der Waals surface area (Å²) in [5, 5.41) is 0. The van der Waals surface area contributed by atoms with E-state index in [-0.39, 0.29) is 103 Å². The van der Waals surface area contributed by atoms with Gasteiger partial charge in [-0.15, -0.1) is 287 Å². The van der Waals surface area contributed by atoms with Crippen LogP contribution in [0.4, 0.5) is 0 Å². The molecule has 8 nitrogen and oxygen atoms in total. The minimum absolute atomic E-state index is 0. The Hall–Kier alpha value is -13.6. The van der Waals surface area contributed by atoms with E-state index >= 15 is 0 Å². The number of rotatable bonds is 14. The van der Waals surface area contributed by atoms with E-state index in [1.807, 2.05) is 249 Å². The van der Waals surface area contributed by atoms with Crippen molar-refractivity contribution < 1.29 is 102 Å². The van der Waals surface area contributed by atoms with Crippen molar-refractivity contribution >= 4 is 0 Å². The van der Waals surface area contributed by atoms with Crippen LogP contribution in [0.1, 0.15) is 87.5 Å². The maximum absolute atomic E-state index is 8.16. The topological polar surface area (TPSA) is 103 Å². The minimum atomic E-state index is -2.37. The zero-order valence-corrected chi connectivity index (χ0v) is 82.8. The van der Waals surface area contributed by atoms with Crippen molar-refractivity contribution in [2.24, 2.45) is 0 Å². The Morgan fingerprint density at radius 1 is 0.239 bits per heavy atom. The molecule has 0 aliphatic carbocycles. The van der Waals surface area contributed by atoms with Gasteiger partial charge in [-0.3, -0.25) is 0 Å². The molecule has 672 valence electrons. The van der Waals surface area contributed by atoms with Crippen LogP contribution in [0.2, 0.25) is 0 Å². The Balaban J connectivity index is 0.000000190. The van der Waals surface area contributed by atoms with E-state index in [2.05, 4.69) is 181 Å². The van der Waals surface area contributed by atoms with Gasteiger partial charge in [-0.2, -0.15) is 0 Å². The summed E-state index contributed by atoms with van der Waals surface area (Å²) in [6.45, 7) is -5.05. The van der Waals surface area contributed by atoms with Crippen molar-refractivity contribution in [1.29, 1.82) is 0 Å². The Morgan fingerprint density at radius 2 is 0.470 bits per heavy atom. The largest absolute Gasteiger partial charge is 0.305 e. The van der Waals surface area contributed by atoms with Gasteiger partial charge in [0.25, 0.3) is 0 Å². The molecule has 12 heteroatoms. The molecule has 0 aliphatic heterocycles. The maximum Gasteiger partial charge on any atom is 0.0347 e. The van der Waals surface area contributed by atoms with Gasteiger partial charge in [0.05, 0.1) is 0 Å². The van der Waals surface area contributed by atoms with Crippen LogP contribution < -0.4 is 0 Å². The van der Waals surface area contributed by atoms with Crippen LogP contribution in [0.3, 0.4) is 0 Å². The first kappa shape index (κ1) is 82.4. The van der Waals surface area contributed by atoms with Crippen molar-refractivity contribution in [2.45, 2.75) is 67.3 Å². The van der Waals surface area contributed by atoms with Gasteiger partial charge in [0.2, 0.25) is 0 Å². The van der Waals surface area contributed by atoms with Gasteiger partial charge in [-0.25, -0.2) is 0 Å². The fourth-order valence-electron chi connectivity index (χ4n) is 12.9. The molecule has 4 radical (unpaired) electrons. The molecular weight excluding hydrogens is 2350 g/mol. The van der Waals surface area contributed by atoms with Crippen LogP contribution in [0, 0.1) is 82.9 Å². The summed E-state index contributed by atoms with van der Waals surface area (Å²) in [7, 11) is 0. The molecule has 0 saturated carbocycles. The Kier molecular flexibility index (Phi) is 34.6. The first-order valence-electron chi connectivity index (χ1n) is 50.0. The predicted octanol–water partition coefficient (Wildman–Crippen LogP) is 30.3. The summed E-state index contributed by atoms with van der Waals surface area (Å²) >= 11 is 0. The second kappa shape index (κ2) is 56.3. The molecule has 0 bridgehead atoms. The number of aromatic nitrogens is 8. The molecule has 0 saturated heterocycles. The molecule has 20 aromatic rings. The van der Waals surface area contributed by atoms with E-state index in [4.69, 9.17) is 21.9 Å². The van der Waals surface area contributed by atoms with Gasteiger partial charge >= 0.3 is 0 Å². The molecule has 20 rings (SSSR count). The average Bonchev–Trinajstić information content (AvgIpc) is 0.786. The van der Waals surface area contributed by atoms with Crippen molar-refractivity contribution in [1.82, 2.24) is 39.9 Å². The smallest absolute Gasteiger partial charge is 0.0347 e. The van der Waals surface area contributed by atoms with Crippen LogP contribution in [0.15, 0.2) is 444 Å². The Morgan fingerprint density at radius 3 is 0.694 bits per heavy atom. The normalized spacial score (nSPS) is 12.6. The SMILES string of the molecule is CCc1ccc(-c2ccnc(-c3[c-]cccc3)c2)cc1.Cc1ccc(-c2ccnc(-c3[c-]cccc3)c2)cc1.[2H]C([2H])([2H])C([2H])(C)c1ccc(-c2ccnc(-c3[c-]cccc3)c2)cc1.[2H]C([2H])([2H])c1ccc(-c2[c-]cccc2)nc1.[2H]C([2H])([2H])c1ccc(-c2[c-]cccc2)nc1.[2H]C([2H])([2H])c1ccc(-c2[c-]cccc2)nc1.[2H]C([2H])([2H])c1ccc(-c2[c-]cccc2)nc1.[Ir].[Ir].[Ir].[Ir].[c-]1ccccc1-c1cc(-c2ccccc2)ccn1. The first-order chi connectivity index (χ1) is 70.2. The van der Waals surface area contributed by atoms with Crippen LogP contribution >= 0.6 is 0 Å². The quantitative estimate of drug-likeness (QED) is 0.0992. The molecule has 1 unspecified atom stereocenters. The molecule has 0 spiro atoms. The molecule has 8 heterocycles. The zero-order chi connectivity index (χ0) is 104. The number of hydrogen-bond donors (Lipinski definition) is 0. The summed E-state index contributed by atoms with van der Waals surface area (Å²) in [6.07, 6.45) is 13.9. The second-order valence-corrected chi connectivity index (χ2v) is 29.1. The van der Waals surface area contributed by atoms with Gasteiger partial charge < -0.3 is 39.9 Å². The molecule has 0 amide bonds. The molecule has 12 aromatic carbocycles. The predicted molar refractivity (Wildman–Crippen MR) is 537 cm³/mol. The van der Waals surface area contributed by atoms with E-state index in [9.17, 15) is 0 Å². The molecule has 0 fully saturated rings. The van der Waals surface area contributed by atoms with Gasteiger partial charge in [0, 0.05) is 152 Å². The molecule has 8 aromatic heterocycles. The summed E-state index contributed by atoms with van der Waals surface area (Å²) in [5.41, 5.74) is 27.3. The van der Waals surface area contributed by atoms with Crippen LogP contribution in [-0.2, 0) is 86.8 Å². The third kappa shape index (κ3) is 33.0. The molecule has 1 atom stereocenters. The summed E-state index contributed by atoms with van der Waals surface area (Å²) in [6, 6.07) is 150. The van der Waals surface area contributed by atoms with Crippen molar-refractivity contribution in [3.05, 3.63) is 531 Å². The van der Waals surface area contributed by atoms with E-state index in [0.29, 0.717) is 5.56 Å². The number of benzene rings is 12.